The first kappa shape index (κ1) is 21.8. The van der Waals surface area contributed by atoms with Crippen molar-refractivity contribution in [3.63, 3.8) is 0 Å². The first-order valence-electron chi connectivity index (χ1n) is 10.5. The lowest BCUT2D eigenvalue weighted by Crippen LogP contribution is -2.24. The smallest absolute Gasteiger partial charge is 0.339 e. The fourth-order valence-electron chi connectivity index (χ4n) is 4.16. The van der Waals surface area contributed by atoms with Crippen LogP contribution in [0.2, 0.25) is 5.02 Å². The van der Waals surface area contributed by atoms with E-state index in [9.17, 15) is 19.1 Å². The average Bonchev–Trinajstić information content (AvgIpc) is 3.24. The highest BCUT2D eigenvalue weighted by molar-refractivity contribution is 6.30. The van der Waals surface area contributed by atoms with Gasteiger partial charge in [0.15, 0.2) is 0 Å². The summed E-state index contributed by atoms with van der Waals surface area (Å²) >= 11 is 5.89. The van der Waals surface area contributed by atoms with Crippen LogP contribution in [-0.4, -0.2) is 25.4 Å². The van der Waals surface area contributed by atoms with Gasteiger partial charge in [0.2, 0.25) is 0 Å². The molecule has 0 spiro atoms. The van der Waals surface area contributed by atoms with E-state index in [0.717, 1.165) is 21.7 Å². The number of anilines is 2. The highest BCUT2D eigenvalue weighted by atomic mass is 35.5. The molecule has 0 amide bonds. The van der Waals surface area contributed by atoms with Crippen LogP contribution < -0.4 is 15.8 Å². The van der Waals surface area contributed by atoms with Crippen molar-refractivity contribution in [1.29, 1.82) is 0 Å². The minimum atomic E-state index is -1.21. The predicted molar refractivity (Wildman–Crippen MR) is 126 cm³/mol. The average molecular weight is 480 g/mol. The number of hydrogen-bond acceptors (Lipinski definition) is 6. The van der Waals surface area contributed by atoms with Gasteiger partial charge in [0.25, 0.3) is 5.56 Å². The van der Waals surface area contributed by atoms with Gasteiger partial charge in [-0.05, 0) is 30.2 Å². The second-order valence-corrected chi connectivity index (χ2v) is 8.54. The molecule has 4 heterocycles. The Bertz CT molecular complexity index is 1480. The summed E-state index contributed by atoms with van der Waals surface area (Å²) in [4.78, 5) is 35.3. The molecule has 5 rings (SSSR count). The Balaban J connectivity index is 1.56. The Labute approximate surface area is 198 Å². The zero-order valence-corrected chi connectivity index (χ0v) is 18.8. The van der Waals surface area contributed by atoms with Gasteiger partial charge in [0.1, 0.15) is 28.7 Å². The number of benzene rings is 1. The van der Waals surface area contributed by atoms with Gasteiger partial charge in [-0.3, -0.25) is 9.20 Å². The summed E-state index contributed by atoms with van der Waals surface area (Å²) in [5, 5.41) is 12.7. The summed E-state index contributed by atoms with van der Waals surface area (Å²) in [6, 6.07) is 11.3. The molecule has 0 aliphatic carbocycles. The Morgan fingerprint density at radius 2 is 1.91 bits per heavy atom. The second-order valence-electron chi connectivity index (χ2n) is 8.11. The molecule has 0 unspecified atom stereocenters. The standard InChI is InChI=1S/C24H19ClFN5O3/c1-13(28-22-19(24(33)34)6-16(25)9-27-22)18-7-17(26)12-31-21(32)8-20(29-23(18)31)30-10-14-4-2-3-5-15(14)11-30/h2-9,12-13H,10-11H2,1H3,(H,27,28)(H,33,34)/t13-/m1/s1. The lowest BCUT2D eigenvalue weighted by molar-refractivity contribution is 0.0697. The molecule has 0 bridgehead atoms. The molecule has 10 heteroatoms. The number of hydrogen-bond donors (Lipinski definition) is 2. The molecule has 1 aliphatic rings. The Hall–Kier alpha value is -3.98. The molecule has 1 aromatic carbocycles. The van der Waals surface area contributed by atoms with E-state index in [-0.39, 0.29) is 22.1 Å². The number of nitrogens with zero attached hydrogens (tertiary/aromatic N) is 4. The largest absolute Gasteiger partial charge is 0.478 e. The molecule has 8 nitrogen and oxygen atoms in total. The van der Waals surface area contributed by atoms with Crippen LogP contribution in [0.15, 0.2) is 59.7 Å². The number of carboxylic acid groups (broad SMARTS) is 1. The van der Waals surface area contributed by atoms with Crippen molar-refractivity contribution in [3.05, 3.63) is 98.3 Å². The summed E-state index contributed by atoms with van der Waals surface area (Å²) in [5.74, 6) is -1.28. The highest BCUT2D eigenvalue weighted by Crippen LogP contribution is 2.29. The van der Waals surface area contributed by atoms with Crippen molar-refractivity contribution in [1.82, 2.24) is 14.4 Å². The van der Waals surface area contributed by atoms with Crippen LogP contribution in [0.1, 0.15) is 40.0 Å². The third-order valence-corrected chi connectivity index (χ3v) is 6.02. The molecule has 34 heavy (non-hydrogen) atoms. The third-order valence-electron chi connectivity index (χ3n) is 5.81. The molecule has 1 atom stereocenters. The van der Waals surface area contributed by atoms with Crippen LogP contribution >= 0.6 is 11.6 Å². The molecule has 1 aliphatic heterocycles. The SMILES string of the molecule is C[C@@H](Nc1ncc(Cl)cc1C(=O)O)c1cc(F)cn2c(=O)cc(N3Cc4ccccc4C3)nc12. The highest BCUT2D eigenvalue weighted by Gasteiger charge is 2.23. The van der Waals surface area contributed by atoms with Crippen LogP contribution in [0, 0.1) is 5.82 Å². The van der Waals surface area contributed by atoms with Gasteiger partial charge in [-0.25, -0.2) is 19.2 Å². The van der Waals surface area contributed by atoms with Crippen molar-refractivity contribution in [2.75, 3.05) is 10.2 Å². The first-order chi connectivity index (χ1) is 16.3. The molecule has 0 saturated carbocycles. The summed E-state index contributed by atoms with van der Waals surface area (Å²) in [6.45, 7) is 2.93. The van der Waals surface area contributed by atoms with Crippen LogP contribution in [0.3, 0.4) is 0 Å². The Morgan fingerprint density at radius 3 is 2.59 bits per heavy atom. The minimum absolute atomic E-state index is 0.0697. The second kappa shape index (κ2) is 8.42. The maximum absolute atomic E-state index is 14.5. The first-order valence-corrected chi connectivity index (χ1v) is 10.9. The van der Waals surface area contributed by atoms with E-state index in [0.29, 0.717) is 24.5 Å². The normalized spacial score (nSPS) is 13.7. The molecule has 4 aromatic rings. The molecule has 172 valence electrons. The number of aromatic carboxylic acids is 1. The Morgan fingerprint density at radius 1 is 1.21 bits per heavy atom. The zero-order valence-electron chi connectivity index (χ0n) is 18.0. The fraction of sp³-hybridized carbons (Fsp3) is 0.167. The Kier molecular flexibility index (Phi) is 5.41. The minimum Gasteiger partial charge on any atom is -0.478 e. The van der Waals surface area contributed by atoms with E-state index in [4.69, 9.17) is 16.6 Å². The summed E-state index contributed by atoms with van der Waals surface area (Å²) in [7, 11) is 0. The topological polar surface area (TPSA) is 99.8 Å². The summed E-state index contributed by atoms with van der Waals surface area (Å²) in [5.41, 5.74) is 2.43. The fourth-order valence-corrected chi connectivity index (χ4v) is 4.31. The van der Waals surface area contributed by atoms with E-state index in [1.165, 1.54) is 24.4 Å². The van der Waals surface area contributed by atoms with E-state index in [1.54, 1.807) is 6.92 Å². The number of aromatic nitrogens is 3. The van der Waals surface area contributed by atoms with E-state index >= 15 is 0 Å². The molecular weight excluding hydrogens is 461 g/mol. The van der Waals surface area contributed by atoms with Gasteiger partial charge >= 0.3 is 5.97 Å². The third kappa shape index (κ3) is 3.94. The van der Waals surface area contributed by atoms with E-state index < -0.39 is 23.4 Å². The molecule has 2 N–H and O–H groups in total. The van der Waals surface area contributed by atoms with Crippen molar-refractivity contribution < 1.29 is 14.3 Å². The van der Waals surface area contributed by atoms with Crippen molar-refractivity contribution in [3.8, 4) is 0 Å². The molecule has 0 fully saturated rings. The number of pyridine rings is 2. The van der Waals surface area contributed by atoms with Crippen LogP contribution in [0.5, 0.6) is 0 Å². The number of carboxylic acids is 1. The van der Waals surface area contributed by atoms with Gasteiger partial charge in [-0.15, -0.1) is 0 Å². The molecular formula is C24H19ClFN5O3. The van der Waals surface area contributed by atoms with Gasteiger partial charge < -0.3 is 15.3 Å². The number of rotatable bonds is 5. The number of halogens is 2. The molecule has 0 saturated heterocycles. The summed E-state index contributed by atoms with van der Waals surface area (Å²) < 4.78 is 15.6. The van der Waals surface area contributed by atoms with Crippen molar-refractivity contribution in [2.24, 2.45) is 0 Å². The number of nitrogens with one attached hydrogen (secondary N) is 1. The zero-order chi connectivity index (χ0) is 24.0. The van der Waals surface area contributed by atoms with Crippen LogP contribution in [0.25, 0.3) is 5.65 Å². The number of carbonyl (C=O) groups is 1. The quantitative estimate of drug-likeness (QED) is 0.441. The maximum Gasteiger partial charge on any atom is 0.339 e. The molecule has 3 aromatic heterocycles. The molecule has 0 radical (unpaired) electrons. The van der Waals surface area contributed by atoms with Gasteiger partial charge in [0.05, 0.1) is 11.1 Å². The van der Waals surface area contributed by atoms with E-state index in [1.807, 2.05) is 29.2 Å². The maximum atomic E-state index is 14.5. The van der Waals surface area contributed by atoms with Gasteiger partial charge in [0, 0.05) is 37.1 Å². The van der Waals surface area contributed by atoms with Gasteiger partial charge in [-0.2, -0.15) is 0 Å². The van der Waals surface area contributed by atoms with Crippen LogP contribution in [-0.2, 0) is 13.1 Å². The lowest BCUT2D eigenvalue weighted by Gasteiger charge is -2.20. The van der Waals surface area contributed by atoms with Gasteiger partial charge in [-0.1, -0.05) is 35.9 Å². The van der Waals surface area contributed by atoms with Crippen LogP contribution in [0.4, 0.5) is 16.0 Å². The summed E-state index contributed by atoms with van der Waals surface area (Å²) in [6.07, 6.45) is 2.41. The monoisotopic (exact) mass is 479 g/mol. The number of fused-ring (bicyclic) bond motifs is 2. The lowest BCUT2D eigenvalue weighted by atomic mass is 10.1. The van der Waals surface area contributed by atoms with Crippen molar-refractivity contribution in [2.45, 2.75) is 26.1 Å². The van der Waals surface area contributed by atoms with Crippen molar-refractivity contribution >= 4 is 34.9 Å². The predicted octanol–water partition coefficient (Wildman–Crippen LogP) is 4.27. The van der Waals surface area contributed by atoms with E-state index in [2.05, 4.69) is 10.3 Å².